The fourth-order valence-electron chi connectivity index (χ4n) is 5.94. The molecule has 6 aromatic carbocycles. The third-order valence-electron chi connectivity index (χ3n) is 8.25. The third kappa shape index (κ3) is 5.33. The number of rotatable bonds is 6. The lowest BCUT2D eigenvalue weighted by atomic mass is 9.92. The molecule has 8 aromatic rings. The Morgan fingerprint density at radius 3 is 1.41 bits per heavy atom. The van der Waals surface area contributed by atoms with Crippen LogP contribution in [0.1, 0.15) is 0 Å². The van der Waals surface area contributed by atoms with Crippen molar-refractivity contribution in [3.05, 3.63) is 170 Å². The van der Waals surface area contributed by atoms with Gasteiger partial charge in [-0.05, 0) is 50.7 Å². The molecule has 0 radical (unpaired) electrons. The van der Waals surface area contributed by atoms with Crippen LogP contribution in [0.3, 0.4) is 0 Å². The largest absolute Gasteiger partial charge is 0.264 e. The van der Waals surface area contributed by atoms with Crippen molar-refractivity contribution >= 4 is 10.8 Å². The van der Waals surface area contributed by atoms with Gasteiger partial charge in [-0.15, -0.1) is 0 Å². The van der Waals surface area contributed by atoms with Gasteiger partial charge in [-0.3, -0.25) is 4.98 Å². The fraction of sp³-hybridized carbons (Fsp3) is 0. The quantitative estimate of drug-likeness (QED) is 0.194. The molecule has 0 aliphatic rings. The van der Waals surface area contributed by atoms with Crippen molar-refractivity contribution in [2.24, 2.45) is 0 Å². The molecule has 216 valence electrons. The van der Waals surface area contributed by atoms with Gasteiger partial charge in [0.15, 0.2) is 17.5 Å². The molecule has 2 aromatic heterocycles. The van der Waals surface area contributed by atoms with E-state index in [2.05, 4.69) is 120 Å². The van der Waals surface area contributed by atoms with Gasteiger partial charge in [0.1, 0.15) is 0 Å². The van der Waals surface area contributed by atoms with Gasteiger partial charge >= 0.3 is 0 Å². The second kappa shape index (κ2) is 12.0. The average Bonchev–Trinajstić information content (AvgIpc) is 3.15. The minimum Gasteiger partial charge on any atom is -0.264 e. The molecule has 0 saturated heterocycles. The highest BCUT2D eigenvalue weighted by atomic mass is 15.0. The average molecular weight is 589 g/mol. The summed E-state index contributed by atoms with van der Waals surface area (Å²) in [7, 11) is 0. The van der Waals surface area contributed by atoms with E-state index in [-0.39, 0.29) is 0 Å². The van der Waals surface area contributed by atoms with Crippen molar-refractivity contribution < 1.29 is 0 Å². The molecule has 0 aliphatic heterocycles. The first-order valence-electron chi connectivity index (χ1n) is 15.3. The van der Waals surface area contributed by atoms with E-state index in [0.717, 1.165) is 38.9 Å². The number of benzene rings is 6. The molecule has 4 heteroatoms. The summed E-state index contributed by atoms with van der Waals surface area (Å²) in [5, 5.41) is 2.40. The van der Waals surface area contributed by atoms with Crippen LogP contribution in [-0.2, 0) is 0 Å². The molecular formula is C42H28N4. The zero-order valence-electron chi connectivity index (χ0n) is 25.0. The SMILES string of the molecule is c1ccc(-c2cccc(-c3nc(-c4ccccc4)nc(-c4ccc(-c5ccc(-c6cccnc6)c6ccccc56)cc4)n3)c2)cc1. The molecule has 0 saturated carbocycles. The summed E-state index contributed by atoms with van der Waals surface area (Å²) in [6.07, 6.45) is 3.72. The maximum atomic E-state index is 5.00. The van der Waals surface area contributed by atoms with Gasteiger partial charge < -0.3 is 0 Å². The summed E-state index contributed by atoms with van der Waals surface area (Å²) in [4.78, 5) is 19.2. The molecule has 0 amide bonds. The molecule has 4 nitrogen and oxygen atoms in total. The van der Waals surface area contributed by atoms with Gasteiger partial charge in [-0.25, -0.2) is 15.0 Å². The molecule has 46 heavy (non-hydrogen) atoms. The van der Waals surface area contributed by atoms with Gasteiger partial charge in [0, 0.05) is 34.6 Å². The lowest BCUT2D eigenvalue weighted by Crippen LogP contribution is -2.00. The van der Waals surface area contributed by atoms with Crippen LogP contribution in [0.5, 0.6) is 0 Å². The van der Waals surface area contributed by atoms with Crippen LogP contribution in [0.2, 0.25) is 0 Å². The lowest BCUT2D eigenvalue weighted by Gasteiger charge is -2.13. The van der Waals surface area contributed by atoms with Crippen LogP contribution in [0, 0.1) is 0 Å². The topological polar surface area (TPSA) is 51.6 Å². The Kier molecular flexibility index (Phi) is 7.14. The Balaban J connectivity index is 1.21. The highest BCUT2D eigenvalue weighted by molar-refractivity contribution is 6.04. The van der Waals surface area contributed by atoms with Crippen molar-refractivity contribution in [1.82, 2.24) is 19.9 Å². The Hall–Kier alpha value is -6.26. The minimum absolute atomic E-state index is 0.636. The van der Waals surface area contributed by atoms with Crippen molar-refractivity contribution in [3.8, 4) is 67.5 Å². The number of pyridine rings is 1. The van der Waals surface area contributed by atoms with Gasteiger partial charge in [0.2, 0.25) is 0 Å². The normalized spacial score (nSPS) is 11.0. The van der Waals surface area contributed by atoms with E-state index >= 15 is 0 Å². The summed E-state index contributed by atoms with van der Waals surface area (Å²) < 4.78 is 0. The summed E-state index contributed by atoms with van der Waals surface area (Å²) >= 11 is 0. The minimum atomic E-state index is 0.636. The maximum absolute atomic E-state index is 5.00. The second-order valence-electron chi connectivity index (χ2n) is 11.1. The predicted molar refractivity (Wildman–Crippen MR) is 188 cm³/mol. The van der Waals surface area contributed by atoms with Crippen molar-refractivity contribution in [2.75, 3.05) is 0 Å². The number of hydrogen-bond acceptors (Lipinski definition) is 4. The fourth-order valence-corrected chi connectivity index (χ4v) is 5.94. The molecule has 0 aliphatic carbocycles. The van der Waals surface area contributed by atoms with Crippen molar-refractivity contribution in [1.29, 1.82) is 0 Å². The summed E-state index contributed by atoms with van der Waals surface area (Å²) in [5.41, 5.74) is 9.68. The van der Waals surface area contributed by atoms with E-state index in [1.54, 1.807) is 0 Å². The van der Waals surface area contributed by atoms with Gasteiger partial charge in [0.05, 0.1) is 0 Å². The van der Waals surface area contributed by atoms with Gasteiger partial charge in [-0.2, -0.15) is 0 Å². The molecule has 0 bridgehead atoms. The highest BCUT2D eigenvalue weighted by Gasteiger charge is 2.14. The monoisotopic (exact) mass is 588 g/mol. The smallest absolute Gasteiger partial charge is 0.164 e. The van der Waals surface area contributed by atoms with Crippen LogP contribution < -0.4 is 0 Å². The first-order chi connectivity index (χ1) is 22.8. The van der Waals surface area contributed by atoms with Gasteiger partial charge in [0.25, 0.3) is 0 Å². The van der Waals surface area contributed by atoms with Crippen LogP contribution in [0.15, 0.2) is 170 Å². The Morgan fingerprint density at radius 1 is 0.304 bits per heavy atom. The molecule has 0 N–H and O–H groups in total. The molecule has 0 unspecified atom stereocenters. The van der Waals surface area contributed by atoms with Crippen LogP contribution in [-0.4, -0.2) is 19.9 Å². The molecule has 0 fully saturated rings. The third-order valence-corrected chi connectivity index (χ3v) is 8.25. The van der Waals surface area contributed by atoms with E-state index in [1.807, 2.05) is 54.9 Å². The Morgan fingerprint density at radius 2 is 0.783 bits per heavy atom. The van der Waals surface area contributed by atoms with Crippen LogP contribution in [0.25, 0.3) is 78.3 Å². The second-order valence-corrected chi connectivity index (χ2v) is 11.1. The van der Waals surface area contributed by atoms with E-state index in [1.165, 1.54) is 21.9 Å². The van der Waals surface area contributed by atoms with E-state index in [0.29, 0.717) is 17.5 Å². The number of aromatic nitrogens is 4. The zero-order chi connectivity index (χ0) is 30.7. The molecule has 8 rings (SSSR count). The first-order valence-corrected chi connectivity index (χ1v) is 15.3. The van der Waals surface area contributed by atoms with Crippen molar-refractivity contribution in [3.63, 3.8) is 0 Å². The first kappa shape index (κ1) is 27.3. The predicted octanol–water partition coefficient (Wildman–Crippen LogP) is 10.4. The standard InChI is InChI=1S/C42H28N4/c1-3-11-29(12-4-1)33-15-9-16-34(27-33)42-45-40(31-13-5-2-6-14-31)44-41(46-42)32-22-20-30(21-23-32)36-24-25-37(35-17-10-26-43-28-35)39-19-8-7-18-38(36)39/h1-28H. The maximum Gasteiger partial charge on any atom is 0.164 e. The summed E-state index contributed by atoms with van der Waals surface area (Å²) in [6, 6.07) is 54.4. The van der Waals surface area contributed by atoms with E-state index in [4.69, 9.17) is 15.0 Å². The van der Waals surface area contributed by atoms with E-state index < -0.39 is 0 Å². The summed E-state index contributed by atoms with van der Waals surface area (Å²) in [6.45, 7) is 0. The zero-order valence-corrected chi connectivity index (χ0v) is 25.0. The Bertz CT molecular complexity index is 2280. The summed E-state index contributed by atoms with van der Waals surface area (Å²) in [5.74, 6) is 1.92. The number of nitrogens with zero attached hydrogens (tertiary/aromatic N) is 4. The molecule has 0 spiro atoms. The number of hydrogen-bond donors (Lipinski definition) is 0. The molecule has 0 atom stereocenters. The van der Waals surface area contributed by atoms with Crippen molar-refractivity contribution in [2.45, 2.75) is 0 Å². The highest BCUT2D eigenvalue weighted by Crippen LogP contribution is 2.36. The van der Waals surface area contributed by atoms with E-state index in [9.17, 15) is 0 Å². The molecule has 2 heterocycles. The lowest BCUT2D eigenvalue weighted by molar-refractivity contribution is 1.07. The Labute approximate surface area is 267 Å². The van der Waals surface area contributed by atoms with Gasteiger partial charge in [-0.1, -0.05) is 146 Å². The van der Waals surface area contributed by atoms with Crippen LogP contribution in [0.4, 0.5) is 0 Å². The van der Waals surface area contributed by atoms with Crippen LogP contribution >= 0.6 is 0 Å². The molecular weight excluding hydrogens is 560 g/mol. The number of fused-ring (bicyclic) bond motifs is 1.